The first-order valence-corrected chi connectivity index (χ1v) is 9.28. The average Bonchev–Trinajstić information content (AvgIpc) is 2.86. The van der Waals surface area contributed by atoms with Crippen molar-refractivity contribution in [2.75, 3.05) is 33.0 Å². The van der Waals surface area contributed by atoms with Gasteiger partial charge in [0.15, 0.2) is 0 Å². The molecule has 0 amide bonds. The van der Waals surface area contributed by atoms with E-state index in [0.29, 0.717) is 6.42 Å². The van der Waals surface area contributed by atoms with Crippen molar-refractivity contribution in [1.29, 1.82) is 0 Å². The van der Waals surface area contributed by atoms with Gasteiger partial charge in [-0.15, -0.1) is 0 Å². The molecule has 0 aliphatic rings. The standard InChI is InChI=1S/C6H14O3.C3H8O3.4C3H4O2/c1-2-6(3-7,4-8)5-9;4-1-3(6)2-5;4*1-2-3(4)5/h7-9H,2-5H2,1H3;3-6H,1-2H2;4*2H,1H2,(H,4,5). The minimum Gasteiger partial charge on any atom is -0.478 e. The minimum atomic E-state index is -0.981. The second-order valence-electron chi connectivity index (χ2n) is 5.52. The first-order chi connectivity index (χ1) is 16.1. The molecule has 0 radical (unpaired) electrons. The highest BCUT2D eigenvalue weighted by Crippen LogP contribution is 2.18. The zero-order chi connectivity index (χ0) is 29.5. The molecule has 0 aliphatic carbocycles. The quantitative estimate of drug-likeness (QED) is 0.152. The lowest BCUT2D eigenvalue weighted by molar-refractivity contribution is -0.132. The van der Waals surface area contributed by atoms with Crippen LogP contribution in [0.3, 0.4) is 0 Å². The zero-order valence-corrected chi connectivity index (χ0v) is 19.6. The van der Waals surface area contributed by atoms with Crippen molar-refractivity contribution in [3.63, 3.8) is 0 Å². The van der Waals surface area contributed by atoms with Gasteiger partial charge in [-0.05, 0) is 6.42 Å². The molecule has 0 bridgehead atoms. The van der Waals surface area contributed by atoms with Crippen LogP contribution >= 0.6 is 0 Å². The lowest BCUT2D eigenvalue weighted by Crippen LogP contribution is -2.32. The summed E-state index contributed by atoms with van der Waals surface area (Å²) in [7, 11) is 0. The molecule has 0 atom stereocenters. The van der Waals surface area contributed by atoms with Gasteiger partial charge in [-0.25, -0.2) is 19.2 Å². The fourth-order valence-electron chi connectivity index (χ4n) is 0.543. The summed E-state index contributed by atoms with van der Waals surface area (Å²) in [4.78, 5) is 37.0. The van der Waals surface area contributed by atoms with Crippen molar-refractivity contribution in [2.45, 2.75) is 19.4 Å². The van der Waals surface area contributed by atoms with Crippen molar-refractivity contribution in [3.05, 3.63) is 50.6 Å². The van der Waals surface area contributed by atoms with Crippen LogP contribution in [0.25, 0.3) is 0 Å². The second-order valence-corrected chi connectivity index (χ2v) is 5.52. The summed E-state index contributed by atoms with van der Waals surface area (Å²) in [6, 6.07) is 0. The molecule has 0 rings (SSSR count). The Labute approximate surface area is 203 Å². The van der Waals surface area contributed by atoms with Gasteiger partial charge in [0.2, 0.25) is 0 Å². The molecule has 0 aromatic carbocycles. The van der Waals surface area contributed by atoms with Gasteiger partial charge in [-0.1, -0.05) is 33.2 Å². The Morgan fingerprint density at radius 1 is 0.629 bits per heavy atom. The number of aliphatic hydroxyl groups excluding tert-OH is 6. The van der Waals surface area contributed by atoms with Crippen molar-refractivity contribution in [1.82, 2.24) is 0 Å². The maximum Gasteiger partial charge on any atom is 0.327 e. The molecule has 0 saturated carbocycles. The van der Waals surface area contributed by atoms with E-state index in [1.807, 2.05) is 6.92 Å². The fraction of sp³-hybridized carbons (Fsp3) is 0.429. The van der Waals surface area contributed by atoms with Crippen molar-refractivity contribution in [3.8, 4) is 0 Å². The van der Waals surface area contributed by atoms with E-state index in [4.69, 9.17) is 51.1 Å². The van der Waals surface area contributed by atoms with Gasteiger partial charge in [0.1, 0.15) is 6.10 Å². The number of hydrogen-bond acceptors (Lipinski definition) is 10. The van der Waals surface area contributed by atoms with E-state index in [0.717, 1.165) is 24.3 Å². The van der Waals surface area contributed by atoms with Gasteiger partial charge in [-0.3, -0.25) is 0 Å². The van der Waals surface area contributed by atoms with Crippen LogP contribution in [0.4, 0.5) is 0 Å². The summed E-state index contributed by atoms with van der Waals surface area (Å²) >= 11 is 0. The molecular formula is C21H38O14. The number of carboxylic acid groups (broad SMARTS) is 4. The van der Waals surface area contributed by atoms with E-state index in [1.54, 1.807) is 0 Å². The van der Waals surface area contributed by atoms with E-state index in [-0.39, 0.29) is 33.0 Å². The molecule has 14 nitrogen and oxygen atoms in total. The van der Waals surface area contributed by atoms with E-state index in [1.165, 1.54) is 0 Å². The van der Waals surface area contributed by atoms with Crippen LogP contribution in [0.2, 0.25) is 0 Å². The number of carboxylic acids is 4. The molecule has 206 valence electrons. The van der Waals surface area contributed by atoms with Crippen molar-refractivity contribution >= 4 is 23.9 Å². The number of aliphatic hydroxyl groups is 6. The Hall–Kier alpha value is -3.40. The van der Waals surface area contributed by atoms with Crippen LogP contribution in [0.1, 0.15) is 13.3 Å². The highest BCUT2D eigenvalue weighted by molar-refractivity contribution is 5.79. The summed E-state index contributed by atoms with van der Waals surface area (Å²) in [5, 5.41) is 80.4. The predicted molar refractivity (Wildman–Crippen MR) is 125 cm³/mol. The SMILES string of the molecule is C=CC(=O)O.C=CC(=O)O.C=CC(=O)O.C=CC(=O)O.CCC(CO)(CO)CO.OCC(O)CO. The smallest absolute Gasteiger partial charge is 0.327 e. The van der Waals surface area contributed by atoms with Crippen LogP contribution < -0.4 is 0 Å². The molecule has 0 heterocycles. The first kappa shape index (κ1) is 45.1. The maximum absolute atomic E-state index is 9.25. The van der Waals surface area contributed by atoms with Crippen LogP contribution in [-0.4, -0.2) is 114 Å². The first-order valence-electron chi connectivity index (χ1n) is 9.28. The van der Waals surface area contributed by atoms with E-state index >= 15 is 0 Å². The molecule has 0 aromatic rings. The summed E-state index contributed by atoms with van der Waals surface area (Å²) < 4.78 is 0. The van der Waals surface area contributed by atoms with Gasteiger partial charge in [-0.2, -0.15) is 0 Å². The molecule has 35 heavy (non-hydrogen) atoms. The zero-order valence-electron chi connectivity index (χ0n) is 19.6. The maximum atomic E-state index is 9.25. The monoisotopic (exact) mass is 514 g/mol. The number of hydrogen-bond donors (Lipinski definition) is 10. The van der Waals surface area contributed by atoms with Gasteiger partial charge in [0.05, 0.1) is 33.0 Å². The Bertz CT molecular complexity index is 489. The lowest BCUT2D eigenvalue weighted by atomic mass is 9.88. The Morgan fingerprint density at radius 3 is 0.800 bits per heavy atom. The van der Waals surface area contributed by atoms with Gasteiger partial charge in [0.25, 0.3) is 0 Å². The molecule has 14 heteroatoms. The number of rotatable bonds is 10. The largest absolute Gasteiger partial charge is 0.478 e. The molecule has 0 saturated heterocycles. The summed E-state index contributed by atoms with van der Waals surface area (Å²) in [5.74, 6) is -3.93. The second kappa shape index (κ2) is 35.2. The predicted octanol–water partition coefficient (Wildman–Crippen LogP) is -1.28. The molecule has 0 fully saturated rings. The molecule has 0 spiro atoms. The van der Waals surface area contributed by atoms with E-state index in [9.17, 15) is 19.2 Å². The average molecular weight is 515 g/mol. The minimum absolute atomic E-state index is 0.156. The molecule has 0 aliphatic heterocycles. The van der Waals surface area contributed by atoms with Crippen LogP contribution in [0.15, 0.2) is 50.6 Å². The molecule has 0 aromatic heterocycles. The Kier molecular flexibility index (Phi) is 45.4. The highest BCUT2D eigenvalue weighted by Gasteiger charge is 2.24. The number of carbonyl (C=O) groups is 4. The fourth-order valence-corrected chi connectivity index (χ4v) is 0.543. The van der Waals surface area contributed by atoms with Crippen LogP contribution in [-0.2, 0) is 19.2 Å². The van der Waals surface area contributed by atoms with Crippen molar-refractivity contribution < 1.29 is 70.2 Å². The topological polar surface area (TPSA) is 271 Å². The van der Waals surface area contributed by atoms with Gasteiger partial charge >= 0.3 is 23.9 Å². The van der Waals surface area contributed by atoms with Crippen molar-refractivity contribution in [2.24, 2.45) is 5.41 Å². The normalized spacial score (nSPS) is 8.46. The van der Waals surface area contributed by atoms with E-state index < -0.39 is 35.4 Å². The third kappa shape index (κ3) is 59.0. The summed E-state index contributed by atoms with van der Waals surface area (Å²) in [5.41, 5.74) is -0.667. The summed E-state index contributed by atoms with van der Waals surface area (Å²) in [6.07, 6.45) is 2.97. The molecular weight excluding hydrogens is 476 g/mol. The molecule has 0 unspecified atom stereocenters. The van der Waals surface area contributed by atoms with E-state index in [2.05, 4.69) is 26.3 Å². The van der Waals surface area contributed by atoms with Crippen LogP contribution in [0, 0.1) is 5.41 Å². The van der Waals surface area contributed by atoms with Gasteiger partial charge < -0.3 is 51.1 Å². The molecule has 10 N–H and O–H groups in total. The third-order valence-corrected chi connectivity index (χ3v) is 2.88. The Morgan fingerprint density at radius 2 is 0.800 bits per heavy atom. The Balaban J connectivity index is -0.0000000735. The summed E-state index contributed by atoms with van der Waals surface area (Å²) in [6.45, 7) is 12.5. The lowest BCUT2D eigenvalue weighted by Gasteiger charge is -2.24. The van der Waals surface area contributed by atoms with Crippen LogP contribution in [0.5, 0.6) is 0 Å². The highest BCUT2D eigenvalue weighted by atomic mass is 16.4. The third-order valence-electron chi connectivity index (χ3n) is 2.88. The number of aliphatic carboxylic acids is 4. The van der Waals surface area contributed by atoms with Gasteiger partial charge in [0, 0.05) is 29.7 Å².